The highest BCUT2D eigenvalue weighted by atomic mass is 32.1. The highest BCUT2D eigenvalue weighted by Crippen LogP contribution is 2.46. The molecule has 2 aromatic rings. The fourth-order valence-electron chi connectivity index (χ4n) is 4.54. The number of rotatable bonds is 2. The van der Waals surface area contributed by atoms with Gasteiger partial charge in [0.05, 0.1) is 5.39 Å². The Balaban J connectivity index is 1.62. The van der Waals surface area contributed by atoms with Crippen LogP contribution >= 0.6 is 11.3 Å². The van der Waals surface area contributed by atoms with Crippen LogP contribution in [0.2, 0.25) is 0 Å². The highest BCUT2D eigenvalue weighted by Gasteiger charge is 2.34. The summed E-state index contributed by atoms with van der Waals surface area (Å²) in [5, 5.41) is 4.87. The van der Waals surface area contributed by atoms with Crippen molar-refractivity contribution in [1.29, 1.82) is 0 Å². The first-order valence-electron chi connectivity index (χ1n) is 10.3. The van der Waals surface area contributed by atoms with Crippen LogP contribution in [0.4, 0.5) is 5.82 Å². The molecular formula is C21H30N4S. The summed E-state index contributed by atoms with van der Waals surface area (Å²) in [5.74, 6) is 3.74. The largest absolute Gasteiger partial charge is 0.353 e. The van der Waals surface area contributed by atoms with E-state index in [1.807, 2.05) is 11.3 Å². The Labute approximate surface area is 160 Å². The maximum atomic E-state index is 5.13. The molecule has 2 fully saturated rings. The molecule has 0 radical (unpaired) electrons. The summed E-state index contributed by atoms with van der Waals surface area (Å²) >= 11 is 1.96. The van der Waals surface area contributed by atoms with E-state index in [9.17, 15) is 0 Å². The Morgan fingerprint density at radius 2 is 1.85 bits per heavy atom. The minimum Gasteiger partial charge on any atom is -0.353 e. The molecule has 1 N–H and O–H groups in total. The number of anilines is 1. The Hall–Kier alpha value is -1.20. The fourth-order valence-corrected chi connectivity index (χ4v) is 5.84. The Morgan fingerprint density at radius 1 is 1.08 bits per heavy atom. The quantitative estimate of drug-likeness (QED) is 0.863. The van der Waals surface area contributed by atoms with E-state index in [0.717, 1.165) is 37.9 Å². The SMILES string of the molecule is CC(C)(C)[C@@H]1CCc2c(sc3nc(C4CC4)nc(N4CCNCC4)c23)C1. The van der Waals surface area contributed by atoms with Crippen LogP contribution in [0.5, 0.6) is 0 Å². The van der Waals surface area contributed by atoms with E-state index < -0.39 is 0 Å². The smallest absolute Gasteiger partial charge is 0.141 e. The average molecular weight is 371 g/mol. The summed E-state index contributed by atoms with van der Waals surface area (Å²) in [6.45, 7) is 11.4. The molecule has 3 heterocycles. The van der Waals surface area contributed by atoms with E-state index in [-0.39, 0.29) is 0 Å². The molecular weight excluding hydrogens is 340 g/mol. The van der Waals surface area contributed by atoms with Gasteiger partial charge in [-0.3, -0.25) is 0 Å². The zero-order valence-corrected chi connectivity index (χ0v) is 17.1. The minimum atomic E-state index is 0.389. The lowest BCUT2D eigenvalue weighted by atomic mass is 9.72. The zero-order chi connectivity index (χ0) is 17.9. The Bertz CT molecular complexity index is 825. The molecule has 2 aliphatic carbocycles. The molecule has 26 heavy (non-hydrogen) atoms. The number of fused-ring (bicyclic) bond motifs is 3. The number of aromatic nitrogens is 2. The van der Waals surface area contributed by atoms with E-state index in [1.165, 1.54) is 48.1 Å². The lowest BCUT2D eigenvalue weighted by Crippen LogP contribution is -2.44. The van der Waals surface area contributed by atoms with Gasteiger partial charge < -0.3 is 10.2 Å². The van der Waals surface area contributed by atoms with Gasteiger partial charge in [0.15, 0.2) is 0 Å². The van der Waals surface area contributed by atoms with Crippen LogP contribution in [-0.2, 0) is 12.8 Å². The van der Waals surface area contributed by atoms with Crippen molar-refractivity contribution in [2.75, 3.05) is 31.1 Å². The van der Waals surface area contributed by atoms with Crippen LogP contribution in [0, 0.1) is 11.3 Å². The molecule has 0 bridgehead atoms. The van der Waals surface area contributed by atoms with E-state index in [0.29, 0.717) is 11.3 Å². The van der Waals surface area contributed by atoms with Gasteiger partial charge in [-0.2, -0.15) is 0 Å². The summed E-state index contributed by atoms with van der Waals surface area (Å²) in [7, 11) is 0. The molecule has 0 spiro atoms. The van der Waals surface area contributed by atoms with Crippen LogP contribution < -0.4 is 10.2 Å². The van der Waals surface area contributed by atoms with Crippen molar-refractivity contribution in [2.45, 2.75) is 58.8 Å². The van der Waals surface area contributed by atoms with Crippen molar-refractivity contribution >= 4 is 27.4 Å². The van der Waals surface area contributed by atoms with Gasteiger partial charge in [-0.1, -0.05) is 20.8 Å². The van der Waals surface area contributed by atoms with Crippen molar-refractivity contribution in [1.82, 2.24) is 15.3 Å². The first kappa shape index (κ1) is 16.9. The monoisotopic (exact) mass is 370 g/mol. The van der Waals surface area contributed by atoms with Crippen LogP contribution in [0.25, 0.3) is 10.2 Å². The van der Waals surface area contributed by atoms with Gasteiger partial charge in [0.25, 0.3) is 0 Å². The van der Waals surface area contributed by atoms with E-state index in [4.69, 9.17) is 9.97 Å². The lowest BCUT2D eigenvalue weighted by molar-refractivity contribution is 0.218. The van der Waals surface area contributed by atoms with Crippen LogP contribution in [0.15, 0.2) is 0 Å². The third-order valence-corrected chi connectivity index (χ3v) is 7.64. The van der Waals surface area contributed by atoms with Gasteiger partial charge >= 0.3 is 0 Å². The molecule has 140 valence electrons. The third kappa shape index (κ3) is 2.93. The first-order chi connectivity index (χ1) is 12.5. The topological polar surface area (TPSA) is 41.1 Å². The van der Waals surface area contributed by atoms with Gasteiger partial charge in [-0.05, 0) is 49.0 Å². The molecule has 0 amide bonds. The second-order valence-corrected chi connectivity index (χ2v) is 10.5. The van der Waals surface area contributed by atoms with Gasteiger partial charge in [0.1, 0.15) is 16.5 Å². The van der Waals surface area contributed by atoms with Gasteiger partial charge in [-0.15, -0.1) is 11.3 Å². The predicted octanol–water partition coefficient (Wildman–Crippen LogP) is 4.13. The summed E-state index contributed by atoms with van der Waals surface area (Å²) in [4.78, 5) is 15.5. The van der Waals surface area contributed by atoms with Crippen LogP contribution in [0.1, 0.15) is 62.2 Å². The molecule has 1 aliphatic heterocycles. The molecule has 1 saturated carbocycles. The second-order valence-electron chi connectivity index (χ2n) is 9.41. The van der Waals surface area contributed by atoms with E-state index in [2.05, 4.69) is 31.0 Å². The van der Waals surface area contributed by atoms with Crippen LogP contribution in [-0.4, -0.2) is 36.1 Å². The molecule has 5 heteroatoms. The first-order valence-corrected chi connectivity index (χ1v) is 11.1. The molecule has 0 unspecified atom stereocenters. The lowest BCUT2D eigenvalue weighted by Gasteiger charge is -2.34. The van der Waals surface area contributed by atoms with Crippen molar-refractivity contribution in [3.63, 3.8) is 0 Å². The fraction of sp³-hybridized carbons (Fsp3) is 0.714. The van der Waals surface area contributed by atoms with Gasteiger partial charge in [0.2, 0.25) is 0 Å². The number of hydrogen-bond acceptors (Lipinski definition) is 5. The van der Waals surface area contributed by atoms with E-state index in [1.54, 1.807) is 10.4 Å². The molecule has 4 nitrogen and oxygen atoms in total. The number of piperazine rings is 1. The maximum Gasteiger partial charge on any atom is 0.141 e. The number of aryl methyl sites for hydroxylation is 1. The average Bonchev–Trinajstić information content (AvgIpc) is 3.41. The molecule has 1 atom stereocenters. The van der Waals surface area contributed by atoms with Gasteiger partial charge in [-0.25, -0.2) is 9.97 Å². The van der Waals surface area contributed by atoms with Crippen molar-refractivity contribution in [3.05, 3.63) is 16.3 Å². The summed E-state index contributed by atoms with van der Waals surface area (Å²) in [6.07, 6.45) is 6.25. The molecule has 3 aliphatic rings. The Kier molecular flexibility index (Phi) is 4.02. The number of nitrogens with one attached hydrogen (secondary N) is 1. The van der Waals surface area contributed by atoms with Gasteiger partial charge in [0, 0.05) is 37.0 Å². The van der Waals surface area contributed by atoms with Crippen molar-refractivity contribution in [2.24, 2.45) is 11.3 Å². The molecule has 5 rings (SSSR count). The number of hydrogen-bond donors (Lipinski definition) is 1. The zero-order valence-electron chi connectivity index (χ0n) is 16.3. The van der Waals surface area contributed by atoms with Crippen molar-refractivity contribution in [3.8, 4) is 0 Å². The number of thiophene rings is 1. The second kappa shape index (κ2) is 6.16. The standard InChI is InChI=1S/C21H30N4S/c1-21(2,3)14-6-7-15-16(12-14)26-20-17(15)19(25-10-8-22-9-11-25)23-18(24-20)13-4-5-13/h13-14,22H,4-12H2,1-3H3/t14-/m1/s1. The summed E-state index contributed by atoms with van der Waals surface area (Å²) in [5.41, 5.74) is 1.96. The Morgan fingerprint density at radius 3 is 2.54 bits per heavy atom. The normalized spacial score (nSPS) is 24.1. The molecule has 2 aromatic heterocycles. The van der Waals surface area contributed by atoms with Crippen LogP contribution in [0.3, 0.4) is 0 Å². The van der Waals surface area contributed by atoms with Crippen molar-refractivity contribution < 1.29 is 0 Å². The third-order valence-electron chi connectivity index (χ3n) is 6.49. The molecule has 0 aromatic carbocycles. The number of nitrogens with zero attached hydrogens (tertiary/aromatic N) is 3. The minimum absolute atomic E-state index is 0.389. The molecule has 1 saturated heterocycles. The van der Waals surface area contributed by atoms with E-state index >= 15 is 0 Å². The predicted molar refractivity (Wildman–Crippen MR) is 109 cm³/mol. The maximum absolute atomic E-state index is 5.13. The summed E-state index contributed by atoms with van der Waals surface area (Å²) in [6, 6.07) is 0. The summed E-state index contributed by atoms with van der Waals surface area (Å²) < 4.78 is 0. The highest BCUT2D eigenvalue weighted by molar-refractivity contribution is 7.19.